The van der Waals surface area contributed by atoms with E-state index in [1.807, 2.05) is 49.4 Å². The van der Waals surface area contributed by atoms with Crippen molar-refractivity contribution in [1.82, 2.24) is 10.2 Å². The predicted molar refractivity (Wildman–Crippen MR) is 96.7 cm³/mol. The van der Waals surface area contributed by atoms with Crippen LogP contribution in [0.4, 0.5) is 4.79 Å². The Bertz CT molecular complexity index is 626. The molecule has 1 atom stereocenters. The molecule has 0 fully saturated rings. The summed E-state index contributed by atoms with van der Waals surface area (Å²) in [6.07, 6.45) is 1.37. The van der Waals surface area contributed by atoms with Gasteiger partial charge in [-0.05, 0) is 30.9 Å². The Morgan fingerprint density at radius 1 is 1.12 bits per heavy atom. The minimum absolute atomic E-state index is 0.0914. The second-order valence-corrected chi connectivity index (χ2v) is 6.12. The molecule has 2 amide bonds. The van der Waals surface area contributed by atoms with Crippen molar-refractivity contribution in [3.8, 4) is 0 Å². The number of carbonyl (C=O) groups is 1. The molecule has 4 nitrogen and oxygen atoms in total. The maximum Gasteiger partial charge on any atom is 0.317 e. The minimum Gasteiger partial charge on any atom is -0.396 e. The molecule has 0 saturated heterocycles. The quantitative estimate of drug-likeness (QED) is 0.816. The Labute approximate surface area is 144 Å². The molecule has 0 heterocycles. The van der Waals surface area contributed by atoms with Crippen molar-refractivity contribution in [2.75, 3.05) is 13.7 Å². The highest BCUT2D eigenvalue weighted by Crippen LogP contribution is 2.18. The number of amides is 2. The van der Waals surface area contributed by atoms with E-state index in [4.69, 9.17) is 5.11 Å². The van der Waals surface area contributed by atoms with E-state index in [0.717, 1.165) is 11.1 Å². The number of nitrogens with one attached hydrogen (secondary N) is 1. The highest BCUT2D eigenvalue weighted by atomic mass is 16.3. The van der Waals surface area contributed by atoms with Crippen molar-refractivity contribution in [3.05, 3.63) is 71.3 Å². The molecule has 0 aliphatic heterocycles. The molecule has 0 saturated carbocycles. The highest BCUT2D eigenvalue weighted by molar-refractivity contribution is 5.74. The predicted octanol–water partition coefficient (Wildman–Crippen LogP) is 3.65. The van der Waals surface area contributed by atoms with Crippen molar-refractivity contribution in [3.63, 3.8) is 0 Å². The number of aliphatic hydroxyl groups is 1. The van der Waals surface area contributed by atoms with Crippen molar-refractivity contribution in [1.29, 1.82) is 0 Å². The van der Waals surface area contributed by atoms with Crippen LogP contribution in [0.25, 0.3) is 0 Å². The first kappa shape index (κ1) is 18.0. The van der Waals surface area contributed by atoms with Gasteiger partial charge < -0.3 is 15.3 Å². The molecule has 0 aliphatic carbocycles. The van der Waals surface area contributed by atoms with E-state index in [2.05, 4.69) is 17.4 Å². The van der Waals surface area contributed by atoms with Crippen LogP contribution in [0.2, 0.25) is 0 Å². The molecule has 2 N–H and O–H groups in total. The van der Waals surface area contributed by atoms with Crippen molar-refractivity contribution >= 4 is 6.03 Å². The molecule has 0 radical (unpaired) electrons. The molecule has 2 rings (SSSR count). The smallest absolute Gasteiger partial charge is 0.317 e. The molecule has 2 aromatic rings. The Morgan fingerprint density at radius 3 is 2.42 bits per heavy atom. The van der Waals surface area contributed by atoms with Gasteiger partial charge in [0.05, 0.1) is 6.04 Å². The van der Waals surface area contributed by atoms with Gasteiger partial charge in [-0.3, -0.25) is 0 Å². The van der Waals surface area contributed by atoms with Crippen LogP contribution in [-0.2, 0) is 6.54 Å². The van der Waals surface area contributed by atoms with Gasteiger partial charge in [0.25, 0.3) is 0 Å². The SMILES string of the molecule is Cc1ccc(CN(C)C(=O)NC(CCCO)c2ccccc2)cc1. The zero-order valence-corrected chi connectivity index (χ0v) is 14.4. The third-order valence-electron chi connectivity index (χ3n) is 4.04. The lowest BCUT2D eigenvalue weighted by Crippen LogP contribution is -2.39. The Morgan fingerprint density at radius 2 is 1.79 bits per heavy atom. The molecule has 4 heteroatoms. The number of carbonyl (C=O) groups excluding carboxylic acids is 1. The monoisotopic (exact) mass is 326 g/mol. The molecule has 0 bridgehead atoms. The van der Waals surface area contributed by atoms with E-state index < -0.39 is 0 Å². The van der Waals surface area contributed by atoms with Crippen LogP contribution in [0.5, 0.6) is 0 Å². The summed E-state index contributed by atoms with van der Waals surface area (Å²) >= 11 is 0. The van der Waals surface area contributed by atoms with Crippen LogP contribution in [0, 0.1) is 6.92 Å². The van der Waals surface area contributed by atoms with E-state index in [-0.39, 0.29) is 18.7 Å². The lowest BCUT2D eigenvalue weighted by Gasteiger charge is -2.24. The summed E-state index contributed by atoms with van der Waals surface area (Å²) in [4.78, 5) is 14.2. The molecule has 24 heavy (non-hydrogen) atoms. The summed E-state index contributed by atoms with van der Waals surface area (Å²) < 4.78 is 0. The summed E-state index contributed by atoms with van der Waals surface area (Å²) in [5.41, 5.74) is 3.37. The average molecular weight is 326 g/mol. The number of nitrogens with zero attached hydrogens (tertiary/aromatic N) is 1. The standard InChI is InChI=1S/C20H26N2O2/c1-16-10-12-17(13-11-16)15-22(2)20(24)21-19(9-6-14-23)18-7-4-3-5-8-18/h3-5,7-8,10-13,19,23H,6,9,14-15H2,1-2H3,(H,21,24). The van der Waals surface area contributed by atoms with Crippen molar-refractivity contribution in [2.45, 2.75) is 32.4 Å². The normalized spacial score (nSPS) is 11.8. The van der Waals surface area contributed by atoms with Gasteiger partial charge >= 0.3 is 6.03 Å². The largest absolute Gasteiger partial charge is 0.396 e. The number of aryl methyl sites for hydroxylation is 1. The third kappa shape index (κ3) is 5.39. The Kier molecular flexibility index (Phi) is 6.82. The average Bonchev–Trinajstić information content (AvgIpc) is 2.61. The van der Waals surface area contributed by atoms with Gasteiger partial charge in [0, 0.05) is 20.2 Å². The topological polar surface area (TPSA) is 52.6 Å². The van der Waals surface area contributed by atoms with Gasteiger partial charge in [-0.25, -0.2) is 4.79 Å². The zero-order chi connectivity index (χ0) is 17.4. The van der Waals surface area contributed by atoms with Crippen LogP contribution in [0.3, 0.4) is 0 Å². The van der Waals surface area contributed by atoms with E-state index in [1.54, 1.807) is 11.9 Å². The first-order chi connectivity index (χ1) is 11.6. The van der Waals surface area contributed by atoms with Crippen LogP contribution in [-0.4, -0.2) is 29.7 Å². The minimum atomic E-state index is -0.109. The van der Waals surface area contributed by atoms with Gasteiger partial charge in [-0.1, -0.05) is 60.2 Å². The number of benzene rings is 2. The van der Waals surface area contributed by atoms with Crippen molar-refractivity contribution in [2.24, 2.45) is 0 Å². The number of hydrogen-bond donors (Lipinski definition) is 2. The number of rotatable bonds is 7. The number of aliphatic hydroxyl groups excluding tert-OH is 1. The lowest BCUT2D eigenvalue weighted by atomic mass is 10.0. The van der Waals surface area contributed by atoms with Crippen LogP contribution >= 0.6 is 0 Å². The lowest BCUT2D eigenvalue weighted by molar-refractivity contribution is 0.200. The molecule has 0 aromatic heterocycles. The van der Waals surface area contributed by atoms with Crippen LogP contribution in [0.15, 0.2) is 54.6 Å². The number of hydrogen-bond acceptors (Lipinski definition) is 2. The molecular formula is C20H26N2O2. The summed E-state index contributed by atoms with van der Waals surface area (Å²) in [5, 5.41) is 12.2. The van der Waals surface area contributed by atoms with Crippen LogP contribution < -0.4 is 5.32 Å². The second-order valence-electron chi connectivity index (χ2n) is 6.12. The van der Waals surface area contributed by atoms with Gasteiger partial charge in [0.15, 0.2) is 0 Å². The first-order valence-corrected chi connectivity index (χ1v) is 8.33. The van der Waals surface area contributed by atoms with Gasteiger partial charge in [0.1, 0.15) is 0 Å². The van der Waals surface area contributed by atoms with Crippen LogP contribution in [0.1, 0.15) is 35.6 Å². The fourth-order valence-electron chi connectivity index (χ4n) is 2.60. The maximum atomic E-state index is 12.5. The Balaban J connectivity index is 1.99. The van der Waals surface area contributed by atoms with Gasteiger partial charge in [-0.15, -0.1) is 0 Å². The molecular weight excluding hydrogens is 300 g/mol. The van der Waals surface area contributed by atoms with Crippen molar-refractivity contribution < 1.29 is 9.90 Å². The number of urea groups is 1. The summed E-state index contributed by atoms with van der Waals surface area (Å²) in [6, 6.07) is 17.9. The van der Waals surface area contributed by atoms with E-state index in [9.17, 15) is 4.79 Å². The summed E-state index contributed by atoms with van der Waals surface area (Å²) in [6.45, 7) is 2.73. The van der Waals surface area contributed by atoms with E-state index in [0.29, 0.717) is 19.4 Å². The zero-order valence-electron chi connectivity index (χ0n) is 14.4. The second kappa shape index (κ2) is 9.08. The highest BCUT2D eigenvalue weighted by Gasteiger charge is 2.17. The molecule has 128 valence electrons. The molecule has 1 unspecified atom stereocenters. The molecule has 2 aromatic carbocycles. The molecule has 0 spiro atoms. The third-order valence-corrected chi connectivity index (χ3v) is 4.04. The fraction of sp³-hybridized carbons (Fsp3) is 0.350. The van der Waals surface area contributed by atoms with Gasteiger partial charge in [0.2, 0.25) is 0 Å². The van der Waals surface area contributed by atoms with Gasteiger partial charge in [-0.2, -0.15) is 0 Å². The summed E-state index contributed by atoms with van der Waals surface area (Å²) in [5.74, 6) is 0. The van der Waals surface area contributed by atoms with E-state index >= 15 is 0 Å². The first-order valence-electron chi connectivity index (χ1n) is 8.33. The Hall–Kier alpha value is -2.33. The maximum absolute atomic E-state index is 12.5. The fourth-order valence-corrected chi connectivity index (χ4v) is 2.60. The van der Waals surface area contributed by atoms with E-state index in [1.165, 1.54) is 5.56 Å². The summed E-state index contributed by atoms with van der Waals surface area (Å²) in [7, 11) is 1.79. The molecule has 0 aliphatic rings.